The summed E-state index contributed by atoms with van der Waals surface area (Å²) in [6.45, 7) is 1.95. The number of hydrogen-bond acceptors (Lipinski definition) is 3. The fourth-order valence-electron chi connectivity index (χ4n) is 3.07. The summed E-state index contributed by atoms with van der Waals surface area (Å²) >= 11 is 0. The van der Waals surface area contributed by atoms with E-state index in [1.807, 2.05) is 73.7 Å². The lowest BCUT2D eigenvalue weighted by Gasteiger charge is -2.20. The third-order valence-electron chi connectivity index (χ3n) is 4.56. The highest BCUT2D eigenvalue weighted by molar-refractivity contribution is 5.96. The number of rotatable bonds is 7. The zero-order valence-electron chi connectivity index (χ0n) is 16.5. The number of nitrogens with one attached hydrogen (secondary N) is 2. The summed E-state index contributed by atoms with van der Waals surface area (Å²) in [6, 6.07) is 23.6. The Hall–Kier alpha value is -3.60. The molecule has 0 aliphatic heterocycles. The van der Waals surface area contributed by atoms with Gasteiger partial charge in [-0.05, 0) is 42.3 Å². The fourth-order valence-corrected chi connectivity index (χ4v) is 3.07. The first-order valence-corrected chi connectivity index (χ1v) is 9.42. The molecule has 2 amide bonds. The van der Waals surface area contributed by atoms with Crippen LogP contribution in [0.5, 0.6) is 5.75 Å². The van der Waals surface area contributed by atoms with Crippen LogP contribution >= 0.6 is 0 Å². The number of methoxy groups -OCH3 is 1. The maximum absolute atomic E-state index is 12.8. The minimum atomic E-state index is -0.459. The molecular weight excluding hydrogens is 364 g/mol. The van der Waals surface area contributed by atoms with Crippen LogP contribution in [0.4, 0.5) is 5.69 Å². The van der Waals surface area contributed by atoms with Gasteiger partial charge in [0.25, 0.3) is 5.91 Å². The van der Waals surface area contributed by atoms with E-state index >= 15 is 0 Å². The average molecular weight is 388 g/mol. The molecular formula is C24H24N2O3. The van der Waals surface area contributed by atoms with Crippen molar-refractivity contribution in [1.82, 2.24) is 5.32 Å². The molecule has 0 aliphatic rings. The molecule has 0 unspecified atom stereocenters. The lowest BCUT2D eigenvalue weighted by molar-refractivity contribution is -0.116. The first-order chi connectivity index (χ1) is 14.1. The van der Waals surface area contributed by atoms with E-state index in [1.54, 1.807) is 19.2 Å². The third kappa shape index (κ3) is 5.45. The molecule has 0 radical (unpaired) electrons. The number of benzene rings is 3. The van der Waals surface area contributed by atoms with Crippen molar-refractivity contribution >= 4 is 17.5 Å². The molecule has 148 valence electrons. The molecule has 0 bridgehead atoms. The minimum Gasteiger partial charge on any atom is -0.495 e. The fraction of sp³-hybridized carbons (Fsp3) is 0.167. The Morgan fingerprint density at radius 1 is 0.931 bits per heavy atom. The largest absolute Gasteiger partial charge is 0.495 e. The van der Waals surface area contributed by atoms with Gasteiger partial charge in [-0.1, -0.05) is 54.6 Å². The van der Waals surface area contributed by atoms with Crippen molar-refractivity contribution in [3.63, 3.8) is 0 Å². The molecule has 0 aliphatic carbocycles. The van der Waals surface area contributed by atoms with Crippen LogP contribution in [0.1, 0.15) is 33.9 Å². The summed E-state index contributed by atoms with van der Waals surface area (Å²) in [7, 11) is 1.56. The van der Waals surface area contributed by atoms with Gasteiger partial charge in [-0.2, -0.15) is 0 Å². The zero-order chi connectivity index (χ0) is 20.6. The monoisotopic (exact) mass is 388 g/mol. The maximum Gasteiger partial charge on any atom is 0.251 e. The Labute approximate surface area is 170 Å². The number of ether oxygens (including phenoxy) is 1. The van der Waals surface area contributed by atoms with Crippen LogP contribution in [-0.4, -0.2) is 18.9 Å². The minimum absolute atomic E-state index is 0.0969. The van der Waals surface area contributed by atoms with Gasteiger partial charge in [0, 0.05) is 5.56 Å². The van der Waals surface area contributed by atoms with Gasteiger partial charge in [-0.25, -0.2) is 0 Å². The van der Waals surface area contributed by atoms with Crippen LogP contribution in [0, 0.1) is 6.92 Å². The molecule has 3 aromatic carbocycles. The number of aryl methyl sites for hydroxylation is 1. The van der Waals surface area contributed by atoms with Crippen molar-refractivity contribution < 1.29 is 14.3 Å². The number of anilines is 1. The lowest BCUT2D eigenvalue weighted by Crippen LogP contribution is -2.31. The van der Waals surface area contributed by atoms with E-state index in [1.165, 1.54) is 0 Å². The molecule has 0 saturated carbocycles. The Morgan fingerprint density at radius 3 is 2.24 bits per heavy atom. The van der Waals surface area contributed by atoms with Gasteiger partial charge in [0.1, 0.15) is 5.75 Å². The zero-order valence-corrected chi connectivity index (χ0v) is 16.5. The Bertz CT molecular complexity index is 972. The summed E-state index contributed by atoms with van der Waals surface area (Å²) in [5.74, 6) is 0.157. The third-order valence-corrected chi connectivity index (χ3v) is 4.56. The van der Waals surface area contributed by atoms with Gasteiger partial charge < -0.3 is 15.4 Å². The summed E-state index contributed by atoms with van der Waals surface area (Å²) in [5.41, 5.74) is 3.04. The Morgan fingerprint density at radius 2 is 1.59 bits per heavy atom. The molecule has 5 heteroatoms. The summed E-state index contributed by atoms with van der Waals surface area (Å²) < 4.78 is 5.33. The van der Waals surface area contributed by atoms with E-state index in [2.05, 4.69) is 10.6 Å². The quantitative estimate of drug-likeness (QED) is 0.626. The first-order valence-electron chi connectivity index (χ1n) is 9.42. The van der Waals surface area contributed by atoms with E-state index in [4.69, 9.17) is 4.74 Å². The lowest BCUT2D eigenvalue weighted by atomic mass is 10.0. The van der Waals surface area contributed by atoms with Crippen molar-refractivity contribution in [2.45, 2.75) is 19.4 Å². The van der Waals surface area contributed by atoms with Crippen LogP contribution < -0.4 is 15.4 Å². The number of carbonyl (C=O) groups excluding carboxylic acids is 2. The van der Waals surface area contributed by atoms with Crippen molar-refractivity contribution in [2.24, 2.45) is 0 Å². The SMILES string of the molecule is COc1ccc(C)cc1NC(=O)C[C@@H](NC(=O)c1ccccc1)c1ccccc1. The molecule has 29 heavy (non-hydrogen) atoms. The van der Waals surface area contributed by atoms with Crippen LogP contribution in [0.25, 0.3) is 0 Å². The highest BCUT2D eigenvalue weighted by Gasteiger charge is 2.20. The van der Waals surface area contributed by atoms with Gasteiger partial charge in [-0.15, -0.1) is 0 Å². The van der Waals surface area contributed by atoms with Gasteiger partial charge >= 0.3 is 0 Å². The van der Waals surface area contributed by atoms with Crippen molar-refractivity contribution in [2.75, 3.05) is 12.4 Å². The maximum atomic E-state index is 12.8. The topological polar surface area (TPSA) is 67.4 Å². The molecule has 3 aromatic rings. The molecule has 2 N–H and O–H groups in total. The number of hydrogen-bond donors (Lipinski definition) is 2. The van der Waals surface area contributed by atoms with Gasteiger partial charge in [-0.3, -0.25) is 9.59 Å². The second-order valence-corrected chi connectivity index (χ2v) is 6.76. The second kappa shape index (κ2) is 9.55. The summed E-state index contributed by atoms with van der Waals surface area (Å²) in [5, 5.41) is 5.88. The predicted molar refractivity (Wildman–Crippen MR) is 114 cm³/mol. The molecule has 0 heterocycles. The first kappa shape index (κ1) is 20.1. The van der Waals surface area contributed by atoms with Crippen LogP contribution in [-0.2, 0) is 4.79 Å². The van der Waals surface area contributed by atoms with E-state index in [-0.39, 0.29) is 18.2 Å². The van der Waals surface area contributed by atoms with Gasteiger partial charge in [0.15, 0.2) is 0 Å². The summed E-state index contributed by atoms with van der Waals surface area (Å²) in [6.07, 6.45) is 0.0969. The average Bonchev–Trinajstić information content (AvgIpc) is 2.74. The van der Waals surface area contributed by atoms with E-state index in [9.17, 15) is 9.59 Å². The standard InChI is InChI=1S/C24H24N2O3/c1-17-13-14-22(29-2)21(15-17)25-23(27)16-20(18-9-5-3-6-10-18)26-24(28)19-11-7-4-8-12-19/h3-15,20H,16H2,1-2H3,(H,25,27)(H,26,28)/t20-/m1/s1. The smallest absolute Gasteiger partial charge is 0.251 e. The van der Waals surface area contributed by atoms with E-state index in [0.29, 0.717) is 17.0 Å². The summed E-state index contributed by atoms with van der Waals surface area (Å²) in [4.78, 5) is 25.4. The molecule has 0 spiro atoms. The Kier molecular flexibility index (Phi) is 6.63. The van der Waals surface area contributed by atoms with Gasteiger partial charge in [0.05, 0.1) is 25.3 Å². The van der Waals surface area contributed by atoms with Crippen LogP contribution in [0.3, 0.4) is 0 Å². The van der Waals surface area contributed by atoms with Crippen molar-refractivity contribution in [3.8, 4) is 5.75 Å². The molecule has 0 fully saturated rings. The molecule has 5 nitrogen and oxygen atoms in total. The number of amides is 2. The number of carbonyl (C=O) groups is 2. The van der Waals surface area contributed by atoms with Gasteiger partial charge in [0.2, 0.25) is 5.91 Å². The van der Waals surface area contributed by atoms with Crippen molar-refractivity contribution in [3.05, 3.63) is 95.6 Å². The highest BCUT2D eigenvalue weighted by atomic mass is 16.5. The predicted octanol–water partition coefficient (Wildman–Crippen LogP) is 4.50. The molecule has 3 rings (SSSR count). The van der Waals surface area contributed by atoms with Crippen LogP contribution in [0.15, 0.2) is 78.9 Å². The Balaban J connectivity index is 1.77. The molecule has 0 saturated heterocycles. The van der Waals surface area contributed by atoms with E-state index < -0.39 is 6.04 Å². The van der Waals surface area contributed by atoms with Crippen molar-refractivity contribution in [1.29, 1.82) is 0 Å². The molecule has 1 atom stereocenters. The highest BCUT2D eigenvalue weighted by Crippen LogP contribution is 2.26. The van der Waals surface area contributed by atoms with E-state index in [0.717, 1.165) is 11.1 Å². The second-order valence-electron chi connectivity index (χ2n) is 6.76. The normalized spacial score (nSPS) is 11.4. The van der Waals surface area contributed by atoms with Crippen LogP contribution in [0.2, 0.25) is 0 Å². The molecule has 0 aromatic heterocycles.